The van der Waals surface area contributed by atoms with Crippen LogP contribution in [0.1, 0.15) is 89.0 Å². The van der Waals surface area contributed by atoms with Crippen molar-refractivity contribution < 1.29 is 19.4 Å². The summed E-state index contributed by atoms with van der Waals surface area (Å²) in [6, 6.07) is 19.4. The molecule has 1 amide bonds. The summed E-state index contributed by atoms with van der Waals surface area (Å²) in [6.07, 6.45) is 9.67. The lowest BCUT2D eigenvalue weighted by Gasteiger charge is -2.33. The Bertz CT molecular complexity index is 1750. The number of benzene rings is 2. The number of fused-ring (bicyclic) bond motifs is 1. The van der Waals surface area contributed by atoms with Crippen molar-refractivity contribution in [2.75, 3.05) is 20.2 Å². The molecule has 232 valence electrons. The van der Waals surface area contributed by atoms with Gasteiger partial charge in [0.25, 0.3) is 0 Å². The summed E-state index contributed by atoms with van der Waals surface area (Å²) in [4.78, 5) is 31.3. The van der Waals surface area contributed by atoms with E-state index in [9.17, 15) is 14.7 Å². The standard InChI is InChI=1S/C37H40N4O4/c1-3-24-20-23(10-15-29(24)25-16-18-40(19-17-25)35(42)27-12-13-27)21-28-14-11-26-6-4-7-30(34(26)28)32-8-5-9-33(39-32)41-36(45-2)31(22-38-41)37(43)44/h4-10,15,20,22,25,27-28H,3,11-14,16-19,21H2,1-2H3,(H,43,44). The van der Waals surface area contributed by atoms with E-state index in [4.69, 9.17) is 9.72 Å². The van der Waals surface area contributed by atoms with E-state index in [1.165, 1.54) is 45.8 Å². The molecule has 0 spiro atoms. The number of nitrogens with zero attached hydrogens (tertiary/aromatic N) is 4. The van der Waals surface area contributed by atoms with Crippen LogP contribution in [0.2, 0.25) is 0 Å². The van der Waals surface area contributed by atoms with Gasteiger partial charge in [-0.3, -0.25) is 4.79 Å². The normalized spacial score (nSPS) is 18.2. The molecule has 1 saturated heterocycles. The highest BCUT2D eigenvalue weighted by atomic mass is 16.5. The van der Waals surface area contributed by atoms with E-state index in [0.29, 0.717) is 29.5 Å². The highest BCUT2D eigenvalue weighted by Gasteiger charge is 2.35. The average Bonchev–Trinajstić information content (AvgIpc) is 3.70. The molecule has 4 aromatic rings. The minimum absolute atomic E-state index is 0.00280. The number of piperidine rings is 1. The summed E-state index contributed by atoms with van der Waals surface area (Å²) in [6.45, 7) is 4.02. The fourth-order valence-electron chi connectivity index (χ4n) is 7.52. The van der Waals surface area contributed by atoms with Crippen molar-refractivity contribution >= 4 is 11.9 Å². The van der Waals surface area contributed by atoms with Gasteiger partial charge in [0.15, 0.2) is 5.82 Å². The monoisotopic (exact) mass is 604 g/mol. The Hall–Kier alpha value is -4.46. The van der Waals surface area contributed by atoms with Crippen LogP contribution in [-0.2, 0) is 24.1 Å². The van der Waals surface area contributed by atoms with Gasteiger partial charge in [0.2, 0.25) is 11.8 Å². The number of aromatic nitrogens is 3. The molecule has 1 aliphatic heterocycles. The summed E-state index contributed by atoms with van der Waals surface area (Å²) in [5, 5.41) is 13.8. The zero-order valence-electron chi connectivity index (χ0n) is 26.0. The summed E-state index contributed by atoms with van der Waals surface area (Å²) in [5.74, 6) is 1.15. The number of amides is 1. The Balaban J connectivity index is 1.12. The van der Waals surface area contributed by atoms with Crippen LogP contribution < -0.4 is 4.74 Å². The molecule has 7 rings (SSSR count). The number of hydrogen-bond acceptors (Lipinski definition) is 5. The Labute approximate surface area is 264 Å². The molecule has 3 heterocycles. The third-order valence-electron chi connectivity index (χ3n) is 9.99. The topological polar surface area (TPSA) is 97.6 Å². The van der Waals surface area contributed by atoms with E-state index in [0.717, 1.165) is 75.7 Å². The molecule has 2 fully saturated rings. The first kappa shape index (κ1) is 29.3. The number of carbonyl (C=O) groups excluding carboxylic acids is 1. The van der Waals surface area contributed by atoms with Crippen LogP contribution in [0.15, 0.2) is 60.8 Å². The number of hydrogen-bond donors (Lipinski definition) is 1. The van der Waals surface area contributed by atoms with Gasteiger partial charge in [-0.05, 0) is 103 Å². The number of methoxy groups -OCH3 is 1. The van der Waals surface area contributed by atoms with Crippen LogP contribution in [-0.4, -0.2) is 56.8 Å². The molecule has 2 aromatic heterocycles. The van der Waals surface area contributed by atoms with Crippen LogP contribution in [0, 0.1) is 5.92 Å². The van der Waals surface area contributed by atoms with Gasteiger partial charge in [-0.15, -0.1) is 0 Å². The van der Waals surface area contributed by atoms with Crippen molar-refractivity contribution in [3.05, 3.63) is 94.2 Å². The minimum atomic E-state index is -1.09. The number of carboxylic acid groups (broad SMARTS) is 1. The second kappa shape index (κ2) is 12.1. The molecule has 1 N–H and O–H groups in total. The number of carboxylic acids is 1. The molecule has 0 radical (unpaired) electrons. The first-order valence-corrected chi connectivity index (χ1v) is 16.3. The smallest absolute Gasteiger partial charge is 0.342 e. The highest BCUT2D eigenvalue weighted by Crippen LogP contribution is 2.42. The number of pyridine rings is 1. The summed E-state index contributed by atoms with van der Waals surface area (Å²) >= 11 is 0. The molecule has 2 aromatic carbocycles. The van der Waals surface area contributed by atoms with Gasteiger partial charge in [0.05, 0.1) is 19.0 Å². The second-order valence-electron chi connectivity index (χ2n) is 12.7. The van der Waals surface area contributed by atoms with E-state index < -0.39 is 5.97 Å². The molecule has 2 aliphatic carbocycles. The molecule has 1 unspecified atom stereocenters. The Morgan fingerprint density at radius 3 is 2.53 bits per heavy atom. The summed E-state index contributed by atoms with van der Waals surface area (Å²) < 4.78 is 6.83. The molecule has 0 bridgehead atoms. The van der Waals surface area contributed by atoms with Crippen molar-refractivity contribution in [3.63, 3.8) is 0 Å². The number of ether oxygens (including phenoxy) is 1. The first-order chi connectivity index (χ1) is 21.9. The SMILES string of the molecule is CCc1cc(CC2CCc3cccc(-c4cccc(-n5ncc(C(=O)O)c5OC)n4)c32)ccc1C1CCN(C(=O)C2CC2)CC1. The molecule has 8 heteroatoms. The third-order valence-corrected chi connectivity index (χ3v) is 9.99. The number of aryl methyl sites for hydroxylation is 2. The van der Waals surface area contributed by atoms with Gasteiger partial charge in [-0.2, -0.15) is 9.78 Å². The summed E-state index contributed by atoms with van der Waals surface area (Å²) in [7, 11) is 1.44. The predicted octanol–water partition coefficient (Wildman–Crippen LogP) is 6.59. The minimum Gasteiger partial charge on any atom is -0.480 e. The second-order valence-corrected chi connectivity index (χ2v) is 12.7. The summed E-state index contributed by atoms with van der Waals surface area (Å²) in [5.41, 5.74) is 8.95. The van der Waals surface area contributed by atoms with Gasteiger partial charge in [0, 0.05) is 24.6 Å². The molecular formula is C37H40N4O4. The number of likely N-dealkylation sites (tertiary alicyclic amines) is 1. The lowest BCUT2D eigenvalue weighted by molar-refractivity contribution is -0.133. The molecule has 8 nitrogen and oxygen atoms in total. The van der Waals surface area contributed by atoms with Crippen molar-refractivity contribution in [2.24, 2.45) is 5.92 Å². The van der Waals surface area contributed by atoms with E-state index in [-0.39, 0.29) is 11.4 Å². The maximum Gasteiger partial charge on any atom is 0.342 e. The number of aromatic carboxylic acids is 1. The lowest BCUT2D eigenvalue weighted by atomic mass is 9.83. The molecule has 1 saturated carbocycles. The fraction of sp³-hybridized carbons (Fsp3) is 0.405. The van der Waals surface area contributed by atoms with E-state index in [1.807, 2.05) is 18.2 Å². The maximum absolute atomic E-state index is 12.6. The highest BCUT2D eigenvalue weighted by molar-refractivity contribution is 5.90. The third kappa shape index (κ3) is 5.62. The van der Waals surface area contributed by atoms with Gasteiger partial charge >= 0.3 is 5.97 Å². The largest absolute Gasteiger partial charge is 0.480 e. The van der Waals surface area contributed by atoms with Crippen LogP contribution in [0.4, 0.5) is 0 Å². The van der Waals surface area contributed by atoms with Crippen LogP contribution in [0.3, 0.4) is 0 Å². The predicted molar refractivity (Wildman–Crippen MR) is 172 cm³/mol. The first-order valence-electron chi connectivity index (χ1n) is 16.3. The van der Waals surface area contributed by atoms with E-state index in [1.54, 1.807) is 0 Å². The van der Waals surface area contributed by atoms with E-state index >= 15 is 0 Å². The quantitative estimate of drug-likeness (QED) is 0.232. The van der Waals surface area contributed by atoms with Gasteiger partial charge in [-0.1, -0.05) is 49.4 Å². The van der Waals surface area contributed by atoms with E-state index in [2.05, 4.69) is 53.3 Å². The Morgan fingerprint density at radius 1 is 1.00 bits per heavy atom. The average molecular weight is 605 g/mol. The zero-order chi connectivity index (χ0) is 31.1. The van der Waals surface area contributed by atoms with Gasteiger partial charge in [-0.25, -0.2) is 9.78 Å². The van der Waals surface area contributed by atoms with Gasteiger partial charge < -0.3 is 14.7 Å². The Morgan fingerprint density at radius 2 is 1.80 bits per heavy atom. The van der Waals surface area contributed by atoms with Crippen LogP contribution in [0.25, 0.3) is 17.1 Å². The molecule has 3 aliphatic rings. The number of rotatable bonds is 9. The lowest BCUT2D eigenvalue weighted by Crippen LogP contribution is -2.38. The molecule has 45 heavy (non-hydrogen) atoms. The fourth-order valence-corrected chi connectivity index (χ4v) is 7.52. The van der Waals surface area contributed by atoms with Crippen molar-refractivity contribution in [3.8, 4) is 23.0 Å². The zero-order valence-corrected chi connectivity index (χ0v) is 26.0. The van der Waals surface area contributed by atoms with Crippen molar-refractivity contribution in [2.45, 2.75) is 70.1 Å². The van der Waals surface area contributed by atoms with Gasteiger partial charge in [0.1, 0.15) is 5.56 Å². The molecular weight excluding hydrogens is 564 g/mol. The number of carbonyl (C=O) groups is 2. The van der Waals surface area contributed by atoms with Crippen LogP contribution in [0.5, 0.6) is 5.88 Å². The molecule has 1 atom stereocenters. The van der Waals surface area contributed by atoms with Crippen molar-refractivity contribution in [1.29, 1.82) is 0 Å². The van der Waals surface area contributed by atoms with Crippen molar-refractivity contribution in [1.82, 2.24) is 19.7 Å². The maximum atomic E-state index is 12.6. The Kier molecular flexibility index (Phi) is 7.90. The van der Waals surface area contributed by atoms with Crippen LogP contribution >= 0.6 is 0 Å².